The Balaban J connectivity index is 1.74. The van der Waals surface area contributed by atoms with Gasteiger partial charge in [-0.3, -0.25) is 4.79 Å². The second-order valence-electron chi connectivity index (χ2n) is 4.66. The molecule has 2 aromatic rings. The van der Waals surface area contributed by atoms with Crippen LogP contribution in [0.1, 0.15) is 25.0 Å². The highest BCUT2D eigenvalue weighted by atomic mass is 32.2. The normalized spacial score (nSPS) is 19.6. The van der Waals surface area contributed by atoms with Crippen LogP contribution in [-0.4, -0.2) is 27.9 Å². The summed E-state index contributed by atoms with van der Waals surface area (Å²) in [6, 6.07) is 1.79. The summed E-state index contributed by atoms with van der Waals surface area (Å²) in [5.74, 6) is 1.21. The second kappa shape index (κ2) is 5.70. The van der Waals surface area contributed by atoms with Crippen LogP contribution in [0.25, 0.3) is 11.5 Å². The molecule has 1 fully saturated rings. The van der Waals surface area contributed by atoms with Gasteiger partial charge in [0, 0.05) is 6.54 Å². The molecule has 1 aliphatic rings. The Hall–Kier alpha value is -1.76. The third-order valence-corrected chi connectivity index (χ3v) is 4.32. The van der Waals surface area contributed by atoms with Crippen LogP contribution in [0.15, 0.2) is 26.4 Å². The first-order valence-corrected chi connectivity index (χ1v) is 7.44. The molecule has 0 aliphatic carbocycles. The van der Waals surface area contributed by atoms with E-state index in [-0.39, 0.29) is 11.2 Å². The zero-order chi connectivity index (χ0) is 13.9. The average molecular weight is 293 g/mol. The second-order valence-corrected chi connectivity index (χ2v) is 5.81. The number of furan rings is 1. The summed E-state index contributed by atoms with van der Waals surface area (Å²) in [6.07, 6.45) is 4.46. The van der Waals surface area contributed by atoms with Crippen molar-refractivity contribution in [1.29, 1.82) is 0 Å². The van der Waals surface area contributed by atoms with E-state index in [9.17, 15) is 4.79 Å². The Morgan fingerprint density at radius 3 is 3.10 bits per heavy atom. The van der Waals surface area contributed by atoms with Gasteiger partial charge in [-0.2, -0.15) is 0 Å². The molecule has 3 heterocycles. The van der Waals surface area contributed by atoms with Crippen molar-refractivity contribution in [2.75, 3.05) is 6.54 Å². The molecule has 0 unspecified atom stereocenters. The summed E-state index contributed by atoms with van der Waals surface area (Å²) in [6.45, 7) is 2.59. The lowest BCUT2D eigenvalue weighted by molar-refractivity contribution is -0.120. The number of aromatic nitrogens is 2. The third-order valence-electron chi connectivity index (χ3n) is 3.22. The number of carbonyl (C=O) groups is 1. The molecule has 0 bridgehead atoms. The predicted molar refractivity (Wildman–Crippen MR) is 73.2 cm³/mol. The molecule has 1 aliphatic heterocycles. The lowest BCUT2D eigenvalue weighted by Crippen LogP contribution is -2.30. The van der Waals surface area contributed by atoms with Crippen LogP contribution in [0.2, 0.25) is 0 Å². The number of aryl methyl sites for hydroxylation is 1. The molecule has 2 aromatic heterocycles. The number of thioether (sulfide) groups is 1. The molecule has 0 saturated carbocycles. The first-order chi connectivity index (χ1) is 9.74. The fourth-order valence-corrected chi connectivity index (χ4v) is 3.05. The predicted octanol–water partition coefficient (Wildman–Crippen LogP) is 2.40. The first kappa shape index (κ1) is 13.2. The summed E-state index contributed by atoms with van der Waals surface area (Å²) in [5.41, 5.74) is 0.787. The molecular weight excluding hydrogens is 278 g/mol. The van der Waals surface area contributed by atoms with Gasteiger partial charge in [-0.05, 0) is 25.8 Å². The highest BCUT2D eigenvalue weighted by Gasteiger charge is 2.24. The van der Waals surface area contributed by atoms with Crippen molar-refractivity contribution >= 4 is 17.7 Å². The van der Waals surface area contributed by atoms with E-state index in [0.29, 0.717) is 11.1 Å². The number of nitrogens with zero attached hydrogens (tertiary/aromatic N) is 2. The van der Waals surface area contributed by atoms with E-state index in [1.165, 1.54) is 11.8 Å². The van der Waals surface area contributed by atoms with E-state index in [1.54, 1.807) is 12.3 Å². The number of hydrogen-bond donors (Lipinski definition) is 1. The van der Waals surface area contributed by atoms with Gasteiger partial charge < -0.3 is 14.2 Å². The van der Waals surface area contributed by atoms with Crippen molar-refractivity contribution < 1.29 is 13.6 Å². The Bertz CT molecular complexity index is 608. The highest BCUT2D eigenvalue weighted by Crippen LogP contribution is 2.30. The van der Waals surface area contributed by atoms with Crippen molar-refractivity contribution in [1.82, 2.24) is 15.5 Å². The van der Waals surface area contributed by atoms with Gasteiger partial charge in [-0.25, -0.2) is 0 Å². The number of rotatable bonds is 3. The van der Waals surface area contributed by atoms with Crippen molar-refractivity contribution in [3.8, 4) is 11.5 Å². The quantitative estimate of drug-likeness (QED) is 0.936. The van der Waals surface area contributed by atoms with Gasteiger partial charge in [-0.15, -0.1) is 10.2 Å². The maximum absolute atomic E-state index is 11.9. The van der Waals surface area contributed by atoms with E-state index in [1.807, 2.05) is 6.92 Å². The van der Waals surface area contributed by atoms with Gasteiger partial charge >= 0.3 is 0 Å². The number of carbonyl (C=O) groups excluding carboxylic acids is 1. The average Bonchev–Trinajstić information content (AvgIpc) is 3.00. The maximum Gasteiger partial charge on any atom is 0.277 e. The summed E-state index contributed by atoms with van der Waals surface area (Å²) in [7, 11) is 0. The zero-order valence-electron chi connectivity index (χ0n) is 11.1. The van der Waals surface area contributed by atoms with Crippen LogP contribution < -0.4 is 5.32 Å². The third kappa shape index (κ3) is 2.72. The molecule has 20 heavy (non-hydrogen) atoms. The maximum atomic E-state index is 11.9. The first-order valence-electron chi connectivity index (χ1n) is 6.56. The summed E-state index contributed by atoms with van der Waals surface area (Å²) < 4.78 is 10.8. The minimum absolute atomic E-state index is 0.0479. The highest BCUT2D eigenvalue weighted by molar-refractivity contribution is 8.00. The van der Waals surface area contributed by atoms with Crippen LogP contribution in [-0.2, 0) is 4.79 Å². The van der Waals surface area contributed by atoms with Crippen LogP contribution in [0.4, 0.5) is 0 Å². The van der Waals surface area contributed by atoms with Crippen molar-refractivity contribution in [3.05, 3.63) is 18.1 Å². The molecule has 6 nitrogen and oxygen atoms in total. The van der Waals surface area contributed by atoms with Gasteiger partial charge in [0.2, 0.25) is 5.91 Å². The van der Waals surface area contributed by atoms with E-state index < -0.39 is 0 Å². The van der Waals surface area contributed by atoms with E-state index in [4.69, 9.17) is 8.83 Å². The van der Waals surface area contributed by atoms with Crippen molar-refractivity contribution in [2.24, 2.45) is 0 Å². The van der Waals surface area contributed by atoms with E-state index in [0.717, 1.165) is 37.1 Å². The Labute approximate surface area is 120 Å². The molecule has 1 amide bonds. The molecule has 106 valence electrons. The van der Waals surface area contributed by atoms with Gasteiger partial charge in [0.1, 0.15) is 5.76 Å². The molecule has 1 N–H and O–H groups in total. The smallest absolute Gasteiger partial charge is 0.277 e. The molecule has 1 saturated heterocycles. The SMILES string of the molecule is Cc1occc1-c1nnc(S[C@H]2CCCCNC2=O)o1. The van der Waals surface area contributed by atoms with Crippen LogP contribution in [0.5, 0.6) is 0 Å². The van der Waals surface area contributed by atoms with Crippen molar-refractivity contribution in [2.45, 2.75) is 36.7 Å². The Kier molecular flexibility index (Phi) is 3.77. The van der Waals surface area contributed by atoms with Gasteiger partial charge in [0.05, 0.1) is 17.1 Å². The van der Waals surface area contributed by atoms with Crippen LogP contribution in [0, 0.1) is 6.92 Å². The lowest BCUT2D eigenvalue weighted by atomic mass is 10.2. The monoisotopic (exact) mass is 293 g/mol. The van der Waals surface area contributed by atoms with E-state index in [2.05, 4.69) is 15.5 Å². The topological polar surface area (TPSA) is 81.2 Å². The molecule has 0 radical (unpaired) electrons. The van der Waals surface area contributed by atoms with E-state index >= 15 is 0 Å². The minimum atomic E-state index is -0.156. The molecule has 1 atom stereocenters. The van der Waals surface area contributed by atoms with Crippen molar-refractivity contribution in [3.63, 3.8) is 0 Å². The summed E-state index contributed by atoms with van der Waals surface area (Å²) in [5, 5.41) is 11.2. The summed E-state index contributed by atoms with van der Waals surface area (Å²) in [4.78, 5) is 11.9. The largest absolute Gasteiger partial charge is 0.469 e. The molecule has 0 spiro atoms. The fraction of sp³-hybridized carbons (Fsp3) is 0.462. The standard InChI is InChI=1S/C13H15N3O3S/c1-8-9(5-7-18-8)12-15-16-13(19-12)20-10-4-2-3-6-14-11(10)17/h5,7,10H,2-4,6H2,1H3,(H,14,17)/t10-/m0/s1. The number of nitrogens with one attached hydrogen (secondary N) is 1. The Morgan fingerprint density at radius 2 is 2.30 bits per heavy atom. The van der Waals surface area contributed by atoms with Gasteiger partial charge in [0.25, 0.3) is 11.1 Å². The minimum Gasteiger partial charge on any atom is -0.469 e. The van der Waals surface area contributed by atoms with Crippen LogP contribution in [0.3, 0.4) is 0 Å². The van der Waals surface area contributed by atoms with Gasteiger partial charge in [0.15, 0.2) is 0 Å². The molecule has 7 heteroatoms. The van der Waals surface area contributed by atoms with Gasteiger partial charge in [-0.1, -0.05) is 18.2 Å². The zero-order valence-corrected chi connectivity index (χ0v) is 11.9. The summed E-state index contributed by atoms with van der Waals surface area (Å²) >= 11 is 1.33. The number of amides is 1. The lowest BCUT2D eigenvalue weighted by Gasteiger charge is -2.08. The number of hydrogen-bond acceptors (Lipinski definition) is 6. The van der Waals surface area contributed by atoms with Crippen LogP contribution >= 0.6 is 11.8 Å². The molecule has 0 aromatic carbocycles. The molecule has 3 rings (SSSR count). The molecular formula is C13H15N3O3S. The fourth-order valence-electron chi connectivity index (χ4n) is 2.12. The Morgan fingerprint density at radius 1 is 1.40 bits per heavy atom.